The summed E-state index contributed by atoms with van der Waals surface area (Å²) in [5, 5.41) is 0. The van der Waals surface area contributed by atoms with Gasteiger partial charge in [0.1, 0.15) is 5.82 Å². The van der Waals surface area contributed by atoms with E-state index in [2.05, 4.69) is 0 Å². The Bertz CT molecular complexity index is 433. The third-order valence-electron chi connectivity index (χ3n) is 3.13. The number of benzene rings is 1. The number of nitrogens with two attached hydrogens (primary N) is 1. The Labute approximate surface area is 100 Å². The van der Waals surface area contributed by atoms with Gasteiger partial charge in [-0.3, -0.25) is 4.79 Å². The molecule has 0 unspecified atom stereocenters. The number of carbonyl (C=O) groups is 1. The molecule has 0 aliphatic carbocycles. The van der Waals surface area contributed by atoms with Gasteiger partial charge in [-0.15, -0.1) is 0 Å². The van der Waals surface area contributed by atoms with Gasteiger partial charge in [0.25, 0.3) is 0 Å². The molecule has 0 fully saturated rings. The van der Waals surface area contributed by atoms with Gasteiger partial charge in [0.05, 0.1) is 6.04 Å². The van der Waals surface area contributed by atoms with Crippen molar-refractivity contribution in [2.24, 2.45) is 5.73 Å². The molecule has 1 aromatic carbocycles. The zero-order chi connectivity index (χ0) is 12.4. The minimum atomic E-state index is -0.478. The van der Waals surface area contributed by atoms with Crippen molar-refractivity contribution < 1.29 is 9.18 Å². The van der Waals surface area contributed by atoms with Gasteiger partial charge >= 0.3 is 0 Å². The Hall–Kier alpha value is -1.42. The molecule has 2 N–H and O–H groups in total. The molecule has 1 heterocycles. The van der Waals surface area contributed by atoms with Crippen LogP contribution >= 0.6 is 0 Å². The lowest BCUT2D eigenvalue weighted by Gasteiger charge is -2.21. The van der Waals surface area contributed by atoms with E-state index in [0.717, 1.165) is 18.4 Å². The highest BCUT2D eigenvalue weighted by molar-refractivity contribution is 5.98. The Kier molecular flexibility index (Phi) is 3.43. The number of halogens is 1. The van der Waals surface area contributed by atoms with Crippen molar-refractivity contribution in [1.29, 1.82) is 0 Å². The van der Waals surface area contributed by atoms with E-state index in [1.54, 1.807) is 11.0 Å². The summed E-state index contributed by atoms with van der Waals surface area (Å²) in [6.45, 7) is 2.60. The van der Waals surface area contributed by atoms with E-state index in [9.17, 15) is 9.18 Å². The molecule has 92 valence electrons. The standard InChI is InChI=1S/C13H17FN2O/c1-2-3-11(15)13(17)16-7-6-9-4-5-10(14)8-12(9)16/h4-5,8,11H,2-3,6-7,15H2,1H3/t11-/m1/s1. The first kappa shape index (κ1) is 12.0. The van der Waals surface area contributed by atoms with Gasteiger partial charge in [0.2, 0.25) is 5.91 Å². The normalized spacial score (nSPS) is 15.8. The van der Waals surface area contributed by atoms with Gasteiger partial charge in [0, 0.05) is 12.2 Å². The number of fused-ring (bicyclic) bond motifs is 1. The predicted molar refractivity (Wildman–Crippen MR) is 65.3 cm³/mol. The monoisotopic (exact) mass is 236 g/mol. The Morgan fingerprint density at radius 3 is 3.06 bits per heavy atom. The second kappa shape index (κ2) is 4.84. The highest BCUT2D eigenvalue weighted by Crippen LogP contribution is 2.29. The fourth-order valence-corrected chi connectivity index (χ4v) is 2.22. The molecule has 0 spiro atoms. The summed E-state index contributed by atoms with van der Waals surface area (Å²) in [6, 6.07) is 4.11. The van der Waals surface area contributed by atoms with Crippen LogP contribution in [-0.4, -0.2) is 18.5 Å². The number of nitrogens with zero attached hydrogens (tertiary/aromatic N) is 1. The van der Waals surface area contributed by atoms with Gasteiger partial charge in [-0.05, 0) is 30.5 Å². The molecule has 2 rings (SSSR count). The first-order chi connectivity index (χ1) is 8.13. The van der Waals surface area contributed by atoms with E-state index in [1.807, 2.05) is 6.92 Å². The summed E-state index contributed by atoms with van der Waals surface area (Å²) >= 11 is 0. The molecule has 1 aliphatic rings. The number of rotatable bonds is 3. The molecule has 0 saturated carbocycles. The zero-order valence-corrected chi connectivity index (χ0v) is 9.95. The van der Waals surface area contributed by atoms with E-state index in [4.69, 9.17) is 5.73 Å². The smallest absolute Gasteiger partial charge is 0.243 e. The third kappa shape index (κ3) is 2.31. The quantitative estimate of drug-likeness (QED) is 0.870. The number of hydrogen-bond acceptors (Lipinski definition) is 2. The first-order valence-corrected chi connectivity index (χ1v) is 5.99. The summed E-state index contributed by atoms with van der Waals surface area (Å²) in [4.78, 5) is 13.7. The number of anilines is 1. The van der Waals surface area contributed by atoms with Crippen molar-refractivity contribution in [1.82, 2.24) is 0 Å². The van der Waals surface area contributed by atoms with Crippen LogP contribution in [0.1, 0.15) is 25.3 Å². The van der Waals surface area contributed by atoms with Crippen LogP contribution in [-0.2, 0) is 11.2 Å². The summed E-state index contributed by atoms with van der Waals surface area (Å²) < 4.78 is 13.2. The van der Waals surface area contributed by atoms with E-state index in [-0.39, 0.29) is 11.7 Å². The fraction of sp³-hybridized carbons (Fsp3) is 0.462. The van der Waals surface area contributed by atoms with Crippen LogP contribution in [0.2, 0.25) is 0 Å². The van der Waals surface area contributed by atoms with Crippen LogP contribution in [0.3, 0.4) is 0 Å². The van der Waals surface area contributed by atoms with Crippen molar-refractivity contribution in [3.8, 4) is 0 Å². The molecule has 1 aliphatic heterocycles. The molecule has 1 amide bonds. The molecule has 0 bridgehead atoms. The third-order valence-corrected chi connectivity index (χ3v) is 3.13. The van der Waals surface area contributed by atoms with Crippen molar-refractivity contribution >= 4 is 11.6 Å². The van der Waals surface area contributed by atoms with E-state index in [1.165, 1.54) is 12.1 Å². The number of hydrogen-bond donors (Lipinski definition) is 1. The van der Waals surface area contributed by atoms with Crippen molar-refractivity contribution in [3.05, 3.63) is 29.6 Å². The van der Waals surface area contributed by atoms with Crippen molar-refractivity contribution in [3.63, 3.8) is 0 Å². The lowest BCUT2D eigenvalue weighted by molar-refractivity contribution is -0.119. The van der Waals surface area contributed by atoms with Gasteiger partial charge in [0.15, 0.2) is 0 Å². The minimum Gasteiger partial charge on any atom is -0.320 e. The molecule has 0 radical (unpaired) electrons. The predicted octanol–water partition coefficient (Wildman–Crippen LogP) is 1.84. The SMILES string of the molecule is CCC[C@@H](N)C(=O)N1CCc2ccc(F)cc21. The Morgan fingerprint density at radius 2 is 2.35 bits per heavy atom. The summed E-state index contributed by atoms with van der Waals surface area (Å²) in [7, 11) is 0. The minimum absolute atomic E-state index is 0.101. The van der Waals surface area contributed by atoms with E-state index in [0.29, 0.717) is 18.7 Å². The maximum Gasteiger partial charge on any atom is 0.243 e. The Balaban J connectivity index is 2.21. The molecule has 3 nitrogen and oxygen atoms in total. The van der Waals surface area contributed by atoms with Gasteiger partial charge < -0.3 is 10.6 Å². The van der Waals surface area contributed by atoms with Gasteiger partial charge in [-0.2, -0.15) is 0 Å². The van der Waals surface area contributed by atoms with Crippen LogP contribution in [0, 0.1) is 5.82 Å². The molecule has 0 saturated heterocycles. The van der Waals surface area contributed by atoms with Crippen LogP contribution in [0.25, 0.3) is 0 Å². The first-order valence-electron chi connectivity index (χ1n) is 5.99. The van der Waals surface area contributed by atoms with Gasteiger partial charge in [-0.25, -0.2) is 4.39 Å². The second-order valence-electron chi connectivity index (χ2n) is 4.41. The van der Waals surface area contributed by atoms with Crippen molar-refractivity contribution in [2.45, 2.75) is 32.2 Å². The maximum atomic E-state index is 13.2. The van der Waals surface area contributed by atoms with Crippen LogP contribution < -0.4 is 10.6 Å². The topological polar surface area (TPSA) is 46.3 Å². The largest absolute Gasteiger partial charge is 0.320 e. The second-order valence-corrected chi connectivity index (χ2v) is 4.41. The molecule has 1 aromatic rings. The van der Waals surface area contributed by atoms with E-state index >= 15 is 0 Å². The molecule has 4 heteroatoms. The lowest BCUT2D eigenvalue weighted by Crippen LogP contribution is -2.43. The summed E-state index contributed by atoms with van der Waals surface area (Å²) in [5.41, 5.74) is 7.52. The lowest BCUT2D eigenvalue weighted by atomic mass is 10.1. The molecule has 1 atom stereocenters. The molecule has 0 aromatic heterocycles. The maximum absolute atomic E-state index is 13.2. The summed E-state index contributed by atoms with van der Waals surface area (Å²) in [6.07, 6.45) is 2.32. The molecule has 17 heavy (non-hydrogen) atoms. The number of amides is 1. The Morgan fingerprint density at radius 1 is 1.59 bits per heavy atom. The average molecular weight is 236 g/mol. The van der Waals surface area contributed by atoms with Gasteiger partial charge in [-0.1, -0.05) is 19.4 Å². The van der Waals surface area contributed by atoms with Crippen LogP contribution in [0.5, 0.6) is 0 Å². The highest BCUT2D eigenvalue weighted by Gasteiger charge is 2.28. The molecular weight excluding hydrogens is 219 g/mol. The highest BCUT2D eigenvalue weighted by atomic mass is 19.1. The zero-order valence-electron chi connectivity index (χ0n) is 9.95. The summed E-state index contributed by atoms with van der Waals surface area (Å²) in [5.74, 6) is -0.413. The van der Waals surface area contributed by atoms with Crippen LogP contribution in [0.4, 0.5) is 10.1 Å². The molecular formula is C13H17FN2O. The van der Waals surface area contributed by atoms with Crippen LogP contribution in [0.15, 0.2) is 18.2 Å². The fourth-order valence-electron chi connectivity index (χ4n) is 2.22. The average Bonchev–Trinajstić information content (AvgIpc) is 2.71. The van der Waals surface area contributed by atoms with Crippen molar-refractivity contribution in [2.75, 3.05) is 11.4 Å². The van der Waals surface area contributed by atoms with E-state index < -0.39 is 6.04 Å². The number of carbonyl (C=O) groups excluding carboxylic acids is 1.